The first-order valence-electron chi connectivity index (χ1n) is 10.1. The minimum Gasteiger partial charge on any atom is -0.378 e. The van der Waals surface area contributed by atoms with Gasteiger partial charge >= 0.3 is 0 Å². The first-order valence-corrected chi connectivity index (χ1v) is 10.1. The molecule has 0 atom stereocenters. The lowest BCUT2D eigenvalue weighted by atomic mass is 9.82. The second-order valence-electron chi connectivity index (χ2n) is 7.27. The van der Waals surface area contributed by atoms with Crippen molar-refractivity contribution in [1.29, 1.82) is 0 Å². The fourth-order valence-corrected chi connectivity index (χ4v) is 3.65. The highest BCUT2D eigenvalue weighted by Crippen LogP contribution is 2.34. The van der Waals surface area contributed by atoms with Crippen molar-refractivity contribution in [3.8, 4) is 11.8 Å². The Labute approximate surface area is 158 Å². The van der Waals surface area contributed by atoms with Crippen molar-refractivity contribution < 1.29 is 4.74 Å². The van der Waals surface area contributed by atoms with Gasteiger partial charge in [0.05, 0.1) is 6.10 Å². The highest BCUT2D eigenvalue weighted by molar-refractivity contribution is 5.44. The molecule has 0 amide bonds. The van der Waals surface area contributed by atoms with Gasteiger partial charge in [-0.2, -0.15) is 0 Å². The first-order chi connectivity index (χ1) is 12.8. The normalized spacial score (nSPS) is 19.6. The topological polar surface area (TPSA) is 9.23 Å². The van der Waals surface area contributed by atoms with Crippen LogP contribution >= 0.6 is 0 Å². The van der Waals surface area contributed by atoms with Crippen LogP contribution in [-0.2, 0) is 11.2 Å². The van der Waals surface area contributed by atoms with E-state index in [1.807, 2.05) is 0 Å². The maximum Gasteiger partial charge on any atom is 0.0575 e. The van der Waals surface area contributed by atoms with Crippen molar-refractivity contribution in [1.82, 2.24) is 0 Å². The number of aryl methyl sites for hydroxylation is 1. The van der Waals surface area contributed by atoms with Gasteiger partial charge in [0.2, 0.25) is 0 Å². The predicted molar refractivity (Wildman–Crippen MR) is 109 cm³/mol. The summed E-state index contributed by atoms with van der Waals surface area (Å²) in [6.07, 6.45) is 7.54. The molecule has 1 heteroatoms. The second-order valence-corrected chi connectivity index (χ2v) is 7.27. The van der Waals surface area contributed by atoms with Crippen LogP contribution in [0.2, 0.25) is 0 Å². The molecule has 1 nitrogen and oxygen atoms in total. The molecule has 0 radical (unpaired) electrons. The SMILES string of the molecule is CCCOC1CCC(c2ccc(C#Cc3ccc(CC)cc3)cc2)CC1. The number of benzene rings is 2. The van der Waals surface area contributed by atoms with Gasteiger partial charge in [-0.05, 0) is 79.8 Å². The monoisotopic (exact) mass is 346 g/mol. The van der Waals surface area contributed by atoms with Crippen molar-refractivity contribution in [2.45, 2.75) is 64.4 Å². The average molecular weight is 347 g/mol. The summed E-state index contributed by atoms with van der Waals surface area (Å²) in [5, 5.41) is 0. The molecule has 0 bridgehead atoms. The van der Waals surface area contributed by atoms with Gasteiger partial charge in [0.1, 0.15) is 0 Å². The second kappa shape index (κ2) is 9.60. The molecule has 1 aliphatic carbocycles. The molecule has 0 heterocycles. The van der Waals surface area contributed by atoms with Crippen molar-refractivity contribution in [2.24, 2.45) is 0 Å². The van der Waals surface area contributed by atoms with Crippen LogP contribution in [0, 0.1) is 11.8 Å². The van der Waals surface area contributed by atoms with E-state index in [0.29, 0.717) is 12.0 Å². The number of hydrogen-bond donors (Lipinski definition) is 0. The molecule has 1 aliphatic rings. The van der Waals surface area contributed by atoms with Crippen LogP contribution in [0.15, 0.2) is 48.5 Å². The third-order valence-corrected chi connectivity index (χ3v) is 5.33. The highest BCUT2D eigenvalue weighted by atomic mass is 16.5. The van der Waals surface area contributed by atoms with E-state index >= 15 is 0 Å². The standard InChI is InChI=1S/C25H30O/c1-3-19-26-25-17-15-24(16-18-25)23-13-11-22(12-14-23)10-9-21-7-5-20(4-2)6-8-21/h5-8,11-14,24-25H,3-4,15-19H2,1-2H3. The minimum absolute atomic E-state index is 0.482. The van der Waals surface area contributed by atoms with Crippen LogP contribution in [0.25, 0.3) is 0 Å². The molecule has 26 heavy (non-hydrogen) atoms. The van der Waals surface area contributed by atoms with Crippen LogP contribution in [-0.4, -0.2) is 12.7 Å². The minimum atomic E-state index is 0.482. The Morgan fingerprint density at radius 2 is 1.38 bits per heavy atom. The predicted octanol–water partition coefficient (Wildman–Crippen LogP) is 6.10. The molecule has 3 rings (SSSR count). The molecule has 0 saturated heterocycles. The van der Waals surface area contributed by atoms with Crippen molar-refractivity contribution >= 4 is 0 Å². The fraction of sp³-hybridized carbons (Fsp3) is 0.440. The van der Waals surface area contributed by atoms with Crippen LogP contribution in [0.1, 0.15) is 74.1 Å². The third kappa shape index (κ3) is 5.23. The van der Waals surface area contributed by atoms with E-state index in [0.717, 1.165) is 30.6 Å². The maximum absolute atomic E-state index is 5.91. The Balaban J connectivity index is 1.56. The van der Waals surface area contributed by atoms with Gasteiger partial charge < -0.3 is 4.74 Å². The van der Waals surface area contributed by atoms with Crippen LogP contribution in [0.4, 0.5) is 0 Å². The number of ether oxygens (including phenoxy) is 1. The fourth-order valence-electron chi connectivity index (χ4n) is 3.65. The van der Waals surface area contributed by atoms with Crippen LogP contribution in [0.3, 0.4) is 0 Å². The Morgan fingerprint density at radius 3 is 1.92 bits per heavy atom. The van der Waals surface area contributed by atoms with Crippen molar-refractivity contribution in [2.75, 3.05) is 6.61 Å². The van der Waals surface area contributed by atoms with E-state index in [9.17, 15) is 0 Å². The smallest absolute Gasteiger partial charge is 0.0575 e. The quantitative estimate of drug-likeness (QED) is 0.594. The van der Waals surface area contributed by atoms with Gasteiger partial charge in [0, 0.05) is 17.7 Å². The third-order valence-electron chi connectivity index (χ3n) is 5.33. The van der Waals surface area contributed by atoms with E-state index in [2.05, 4.69) is 74.2 Å². The van der Waals surface area contributed by atoms with Crippen molar-refractivity contribution in [3.63, 3.8) is 0 Å². The van der Waals surface area contributed by atoms with Crippen molar-refractivity contribution in [3.05, 3.63) is 70.8 Å². The lowest BCUT2D eigenvalue weighted by molar-refractivity contribution is 0.0251. The van der Waals surface area contributed by atoms with Gasteiger partial charge in [-0.1, -0.05) is 50.0 Å². The Morgan fingerprint density at radius 1 is 0.808 bits per heavy atom. The van der Waals surface area contributed by atoms with Crippen LogP contribution < -0.4 is 0 Å². The van der Waals surface area contributed by atoms with E-state index < -0.39 is 0 Å². The summed E-state index contributed by atoms with van der Waals surface area (Å²) >= 11 is 0. The molecule has 1 fully saturated rings. The van der Waals surface area contributed by atoms with Gasteiger partial charge in [-0.15, -0.1) is 0 Å². The zero-order valence-electron chi connectivity index (χ0n) is 16.1. The Hall–Kier alpha value is -2.04. The summed E-state index contributed by atoms with van der Waals surface area (Å²) in [7, 11) is 0. The van der Waals surface area contributed by atoms with Gasteiger partial charge in [-0.25, -0.2) is 0 Å². The summed E-state index contributed by atoms with van der Waals surface area (Å²) in [5.74, 6) is 7.24. The van der Waals surface area contributed by atoms with Gasteiger partial charge in [0.25, 0.3) is 0 Å². The molecule has 136 valence electrons. The summed E-state index contributed by atoms with van der Waals surface area (Å²) in [4.78, 5) is 0. The molecular weight excluding hydrogens is 316 g/mol. The zero-order chi connectivity index (χ0) is 18.2. The van der Waals surface area contributed by atoms with Crippen LogP contribution in [0.5, 0.6) is 0 Å². The maximum atomic E-state index is 5.91. The zero-order valence-corrected chi connectivity index (χ0v) is 16.1. The Bertz CT molecular complexity index is 722. The molecule has 0 spiro atoms. The van der Waals surface area contributed by atoms with E-state index in [1.54, 1.807) is 0 Å². The molecular formula is C25H30O. The molecule has 2 aromatic carbocycles. The van der Waals surface area contributed by atoms with Gasteiger partial charge in [-0.3, -0.25) is 0 Å². The molecule has 0 unspecified atom stereocenters. The lowest BCUT2D eigenvalue weighted by Gasteiger charge is -2.28. The molecule has 0 N–H and O–H groups in total. The Kier molecular flexibility index (Phi) is 6.92. The van der Waals surface area contributed by atoms with Gasteiger partial charge in [0.15, 0.2) is 0 Å². The molecule has 0 aliphatic heterocycles. The summed E-state index contributed by atoms with van der Waals surface area (Å²) in [5.41, 5.74) is 4.98. The molecule has 1 saturated carbocycles. The van der Waals surface area contributed by atoms with E-state index in [1.165, 1.54) is 36.8 Å². The molecule has 2 aromatic rings. The lowest BCUT2D eigenvalue weighted by Crippen LogP contribution is -2.21. The number of hydrogen-bond acceptors (Lipinski definition) is 1. The van der Waals surface area contributed by atoms with E-state index in [-0.39, 0.29) is 0 Å². The summed E-state index contributed by atoms with van der Waals surface area (Å²) < 4.78 is 5.91. The largest absolute Gasteiger partial charge is 0.378 e. The van der Waals surface area contributed by atoms with E-state index in [4.69, 9.17) is 4.74 Å². The highest BCUT2D eigenvalue weighted by Gasteiger charge is 2.22. The molecule has 0 aromatic heterocycles. The summed E-state index contributed by atoms with van der Waals surface area (Å²) in [6.45, 7) is 5.26. The number of rotatable bonds is 5. The summed E-state index contributed by atoms with van der Waals surface area (Å²) in [6, 6.07) is 17.4. The first kappa shape index (κ1) is 18.7. The average Bonchev–Trinajstić information content (AvgIpc) is 2.72.